The van der Waals surface area contributed by atoms with Gasteiger partial charge in [-0.1, -0.05) is 21.1 Å². The molecule has 1 amide bonds. The van der Waals surface area contributed by atoms with Gasteiger partial charge >= 0.3 is 0 Å². The van der Waals surface area contributed by atoms with Crippen molar-refractivity contribution in [1.29, 1.82) is 0 Å². The van der Waals surface area contributed by atoms with Crippen molar-refractivity contribution in [1.82, 2.24) is 5.16 Å². The second kappa shape index (κ2) is 4.80. The maximum Gasteiger partial charge on any atom is 0.258 e. The van der Waals surface area contributed by atoms with Crippen LogP contribution < -0.4 is 5.32 Å². The van der Waals surface area contributed by atoms with Crippen molar-refractivity contribution in [3.05, 3.63) is 45.0 Å². The average molecular weight is 346 g/mol. The predicted molar refractivity (Wildman–Crippen MR) is 66.3 cm³/mol. The zero-order valence-electron chi connectivity index (χ0n) is 7.91. The summed E-state index contributed by atoms with van der Waals surface area (Å²) in [6.07, 6.45) is 1.39. The van der Waals surface area contributed by atoms with Gasteiger partial charge in [-0.3, -0.25) is 4.79 Å². The van der Waals surface area contributed by atoms with Crippen molar-refractivity contribution in [3.63, 3.8) is 0 Å². The summed E-state index contributed by atoms with van der Waals surface area (Å²) in [6, 6.07) is 6.93. The van der Waals surface area contributed by atoms with Gasteiger partial charge in [0.15, 0.2) is 5.82 Å². The molecule has 0 saturated carbocycles. The Morgan fingerprint density at radius 3 is 2.81 bits per heavy atom. The lowest BCUT2D eigenvalue weighted by molar-refractivity contribution is 0.102. The number of hydrogen-bond acceptors (Lipinski definition) is 3. The van der Waals surface area contributed by atoms with Crippen LogP contribution in [0.1, 0.15) is 10.4 Å². The maximum absolute atomic E-state index is 11.8. The molecule has 0 saturated heterocycles. The Hall–Kier alpha value is -1.14. The minimum absolute atomic E-state index is 0.248. The number of carbonyl (C=O) groups excluding carboxylic acids is 1. The Morgan fingerprint density at radius 1 is 1.31 bits per heavy atom. The molecule has 2 aromatic rings. The van der Waals surface area contributed by atoms with Crippen molar-refractivity contribution in [3.8, 4) is 0 Å². The summed E-state index contributed by atoms with van der Waals surface area (Å²) in [4.78, 5) is 11.8. The van der Waals surface area contributed by atoms with E-state index in [0.717, 1.165) is 8.95 Å². The van der Waals surface area contributed by atoms with Crippen LogP contribution in [0.5, 0.6) is 0 Å². The highest BCUT2D eigenvalue weighted by Crippen LogP contribution is 2.22. The first-order valence-corrected chi connectivity index (χ1v) is 5.92. The molecule has 0 fully saturated rings. The van der Waals surface area contributed by atoms with E-state index in [0.29, 0.717) is 11.4 Å². The van der Waals surface area contributed by atoms with E-state index in [4.69, 9.17) is 0 Å². The van der Waals surface area contributed by atoms with Crippen LogP contribution >= 0.6 is 31.9 Å². The van der Waals surface area contributed by atoms with Gasteiger partial charge in [0.1, 0.15) is 6.26 Å². The van der Waals surface area contributed by atoms with Crippen molar-refractivity contribution in [2.45, 2.75) is 0 Å². The lowest BCUT2D eigenvalue weighted by Gasteiger charge is -2.04. The van der Waals surface area contributed by atoms with Crippen molar-refractivity contribution < 1.29 is 9.32 Å². The number of benzene rings is 1. The highest BCUT2D eigenvalue weighted by atomic mass is 79.9. The zero-order valence-corrected chi connectivity index (χ0v) is 11.1. The summed E-state index contributed by atoms with van der Waals surface area (Å²) in [5, 5.41) is 6.21. The van der Waals surface area contributed by atoms with Crippen molar-refractivity contribution in [2.24, 2.45) is 0 Å². The van der Waals surface area contributed by atoms with Gasteiger partial charge in [-0.25, -0.2) is 0 Å². The van der Waals surface area contributed by atoms with Crippen LogP contribution in [-0.4, -0.2) is 11.1 Å². The molecule has 0 aliphatic carbocycles. The molecule has 1 aromatic carbocycles. The largest absolute Gasteiger partial charge is 0.363 e. The normalized spacial score (nSPS) is 10.1. The summed E-state index contributed by atoms with van der Waals surface area (Å²) in [5.41, 5.74) is 0.525. The third-order valence-corrected chi connectivity index (χ3v) is 3.04. The zero-order chi connectivity index (χ0) is 11.5. The van der Waals surface area contributed by atoms with Crippen LogP contribution in [0.3, 0.4) is 0 Å². The average Bonchev–Trinajstić information content (AvgIpc) is 2.74. The number of rotatable bonds is 2. The Kier molecular flexibility index (Phi) is 3.40. The Bertz CT molecular complexity index is 512. The predicted octanol–water partition coefficient (Wildman–Crippen LogP) is 3.45. The first kappa shape index (κ1) is 11.3. The molecule has 16 heavy (non-hydrogen) atoms. The number of nitrogens with zero attached hydrogens (tertiary/aromatic N) is 1. The molecular formula is C10H6Br2N2O2. The monoisotopic (exact) mass is 344 g/mol. The van der Waals surface area contributed by atoms with E-state index in [2.05, 4.69) is 46.9 Å². The second-order valence-corrected chi connectivity index (χ2v) is 4.73. The molecule has 6 heteroatoms. The first-order chi connectivity index (χ1) is 7.66. The Labute approximate surface area is 108 Å². The number of amides is 1. The Balaban J connectivity index is 2.24. The quantitative estimate of drug-likeness (QED) is 0.906. The molecule has 1 N–H and O–H groups in total. The molecule has 0 atom stereocenters. The fourth-order valence-corrected chi connectivity index (χ4v) is 1.92. The molecule has 1 aromatic heterocycles. The van der Waals surface area contributed by atoms with Crippen LogP contribution in [0.25, 0.3) is 0 Å². The summed E-state index contributed by atoms with van der Waals surface area (Å²) in [6.45, 7) is 0. The van der Waals surface area contributed by atoms with Crippen LogP contribution in [0.15, 0.2) is 44.0 Å². The Morgan fingerprint density at radius 2 is 2.12 bits per heavy atom. The lowest BCUT2D eigenvalue weighted by Crippen LogP contribution is -2.12. The minimum atomic E-state index is -0.248. The van der Waals surface area contributed by atoms with E-state index in [1.807, 2.05) is 6.07 Å². The van der Waals surface area contributed by atoms with Crippen LogP contribution in [0, 0.1) is 0 Å². The molecular weight excluding hydrogens is 340 g/mol. The number of carbonyl (C=O) groups is 1. The third-order valence-electron chi connectivity index (χ3n) is 1.85. The smallest absolute Gasteiger partial charge is 0.258 e. The van der Waals surface area contributed by atoms with E-state index in [-0.39, 0.29) is 5.91 Å². The van der Waals surface area contributed by atoms with Gasteiger partial charge in [0.05, 0.1) is 5.56 Å². The summed E-state index contributed by atoms with van der Waals surface area (Å²) >= 11 is 6.62. The summed E-state index contributed by atoms with van der Waals surface area (Å²) in [7, 11) is 0. The van der Waals surface area contributed by atoms with E-state index >= 15 is 0 Å². The molecule has 0 bridgehead atoms. The van der Waals surface area contributed by atoms with Crippen LogP contribution in [0.2, 0.25) is 0 Å². The molecule has 2 rings (SSSR count). The molecule has 0 unspecified atom stereocenters. The SMILES string of the molecule is O=C(Nc1ccon1)c1cc(Br)ccc1Br. The van der Waals surface area contributed by atoms with Gasteiger partial charge in [0.2, 0.25) is 0 Å². The van der Waals surface area contributed by atoms with Crippen molar-refractivity contribution >= 4 is 43.6 Å². The maximum atomic E-state index is 11.8. The molecule has 0 aliphatic heterocycles. The van der Waals surface area contributed by atoms with Gasteiger partial charge in [0.25, 0.3) is 5.91 Å². The standard InChI is InChI=1S/C10H6Br2N2O2/c11-6-1-2-8(12)7(5-6)10(15)13-9-3-4-16-14-9/h1-5H,(H,13,14,15). The fraction of sp³-hybridized carbons (Fsp3) is 0. The number of halogens is 2. The van der Waals surface area contributed by atoms with Gasteiger partial charge in [0, 0.05) is 15.0 Å². The van der Waals surface area contributed by atoms with E-state index < -0.39 is 0 Å². The van der Waals surface area contributed by atoms with E-state index in [1.54, 1.807) is 18.2 Å². The molecule has 0 aliphatic rings. The molecule has 4 nitrogen and oxygen atoms in total. The molecule has 0 radical (unpaired) electrons. The van der Waals surface area contributed by atoms with E-state index in [9.17, 15) is 4.79 Å². The van der Waals surface area contributed by atoms with Crippen molar-refractivity contribution in [2.75, 3.05) is 5.32 Å². The fourth-order valence-electron chi connectivity index (χ4n) is 1.13. The second-order valence-electron chi connectivity index (χ2n) is 2.96. The highest BCUT2D eigenvalue weighted by Gasteiger charge is 2.11. The summed E-state index contributed by atoms with van der Waals surface area (Å²) in [5.74, 6) is 0.138. The first-order valence-electron chi connectivity index (χ1n) is 4.33. The van der Waals surface area contributed by atoms with Gasteiger partial charge < -0.3 is 9.84 Å². The molecule has 82 valence electrons. The molecule has 1 heterocycles. The topological polar surface area (TPSA) is 55.1 Å². The van der Waals surface area contributed by atoms with Gasteiger partial charge in [-0.2, -0.15) is 0 Å². The van der Waals surface area contributed by atoms with Crippen LogP contribution in [0.4, 0.5) is 5.82 Å². The minimum Gasteiger partial charge on any atom is -0.363 e. The number of hydrogen-bond donors (Lipinski definition) is 1. The van der Waals surface area contributed by atoms with Gasteiger partial charge in [-0.15, -0.1) is 0 Å². The molecule has 0 spiro atoms. The third kappa shape index (κ3) is 2.51. The highest BCUT2D eigenvalue weighted by molar-refractivity contribution is 9.11. The lowest BCUT2D eigenvalue weighted by atomic mass is 10.2. The van der Waals surface area contributed by atoms with Crippen LogP contribution in [-0.2, 0) is 0 Å². The number of aromatic nitrogens is 1. The van der Waals surface area contributed by atoms with E-state index in [1.165, 1.54) is 6.26 Å². The number of anilines is 1. The van der Waals surface area contributed by atoms with Gasteiger partial charge in [-0.05, 0) is 34.1 Å². The summed E-state index contributed by atoms with van der Waals surface area (Å²) < 4.78 is 6.17. The number of nitrogens with one attached hydrogen (secondary N) is 1.